The molecule has 0 aromatic heterocycles. The van der Waals surface area contributed by atoms with Crippen molar-refractivity contribution in [1.82, 2.24) is 0 Å². The van der Waals surface area contributed by atoms with Crippen molar-refractivity contribution in [3.8, 4) is 0 Å². The second-order valence-electron chi connectivity index (χ2n) is 3.46. The van der Waals surface area contributed by atoms with Gasteiger partial charge in [-0.3, -0.25) is 4.79 Å². The third-order valence-electron chi connectivity index (χ3n) is 2.20. The highest BCUT2D eigenvalue weighted by atomic mass is 32.3. The van der Waals surface area contributed by atoms with Crippen molar-refractivity contribution in [3.05, 3.63) is 35.9 Å². The van der Waals surface area contributed by atoms with Gasteiger partial charge in [-0.15, -0.1) is 3.89 Å². The monoisotopic (exact) mass is 261 g/mol. The average molecular weight is 261 g/mol. The summed E-state index contributed by atoms with van der Waals surface area (Å²) >= 11 is 0. The van der Waals surface area contributed by atoms with E-state index in [0.717, 1.165) is 0 Å². The summed E-state index contributed by atoms with van der Waals surface area (Å²) in [7, 11) is -5.11. The molecule has 1 unspecified atom stereocenters. The van der Waals surface area contributed by atoms with Crippen molar-refractivity contribution >= 4 is 16.0 Å². The van der Waals surface area contributed by atoms with E-state index in [4.69, 9.17) is 10.8 Å². The SMILES string of the molecule is N[C@@H](CO)C(=O)C(c1ccccc1)S(=O)(=O)F. The molecule has 0 radical (unpaired) electrons. The fourth-order valence-corrected chi connectivity index (χ4v) is 2.31. The number of rotatable bonds is 5. The first kappa shape index (κ1) is 13.8. The van der Waals surface area contributed by atoms with Crippen LogP contribution in [0.1, 0.15) is 10.8 Å². The Bertz CT molecular complexity index is 488. The zero-order valence-electron chi connectivity index (χ0n) is 8.78. The van der Waals surface area contributed by atoms with Crippen LogP contribution >= 0.6 is 0 Å². The molecule has 3 N–H and O–H groups in total. The molecular formula is C10H12FNO4S. The smallest absolute Gasteiger partial charge is 0.316 e. The van der Waals surface area contributed by atoms with Gasteiger partial charge in [-0.1, -0.05) is 30.3 Å². The van der Waals surface area contributed by atoms with Gasteiger partial charge < -0.3 is 10.8 Å². The maximum Gasteiger partial charge on any atom is 0.316 e. The van der Waals surface area contributed by atoms with Crippen LogP contribution in [-0.2, 0) is 15.0 Å². The van der Waals surface area contributed by atoms with Gasteiger partial charge in [-0.2, -0.15) is 8.42 Å². The molecule has 0 saturated carbocycles. The van der Waals surface area contributed by atoms with Gasteiger partial charge in [-0.05, 0) is 5.56 Å². The molecule has 17 heavy (non-hydrogen) atoms. The fourth-order valence-electron chi connectivity index (χ4n) is 1.38. The number of hydrogen-bond donors (Lipinski definition) is 2. The number of aliphatic hydroxyl groups is 1. The first-order valence-corrected chi connectivity index (χ1v) is 6.21. The summed E-state index contributed by atoms with van der Waals surface area (Å²) in [5.74, 6) is -1.07. The number of halogens is 1. The van der Waals surface area contributed by atoms with Gasteiger partial charge in [0.1, 0.15) is 0 Å². The molecule has 1 aromatic carbocycles. The molecule has 0 aliphatic rings. The number of nitrogens with two attached hydrogens (primary N) is 1. The normalized spacial score (nSPS) is 15.2. The van der Waals surface area contributed by atoms with E-state index in [1.807, 2.05) is 0 Å². The van der Waals surface area contributed by atoms with E-state index in [1.165, 1.54) is 24.3 Å². The van der Waals surface area contributed by atoms with Crippen LogP contribution in [0.25, 0.3) is 0 Å². The van der Waals surface area contributed by atoms with Gasteiger partial charge in [0.05, 0.1) is 12.6 Å². The Labute approximate surface area is 98.3 Å². The largest absolute Gasteiger partial charge is 0.394 e. The number of carbonyl (C=O) groups excluding carboxylic acids is 1. The summed E-state index contributed by atoms with van der Waals surface area (Å²) in [6.45, 7) is -0.738. The Morgan fingerprint density at radius 3 is 2.29 bits per heavy atom. The zero-order chi connectivity index (χ0) is 13.1. The first-order valence-electron chi connectivity index (χ1n) is 4.76. The summed E-state index contributed by atoms with van der Waals surface area (Å²) in [6, 6.07) is 5.75. The van der Waals surface area contributed by atoms with Crippen molar-refractivity contribution in [2.45, 2.75) is 11.3 Å². The molecule has 0 aliphatic carbocycles. The Hall–Kier alpha value is -1.31. The Balaban J connectivity index is 3.20. The minimum absolute atomic E-state index is 0.0103. The van der Waals surface area contributed by atoms with Crippen LogP contribution in [0.2, 0.25) is 0 Å². The quantitative estimate of drug-likeness (QED) is 0.722. The van der Waals surface area contributed by atoms with E-state index in [-0.39, 0.29) is 5.56 Å². The highest BCUT2D eigenvalue weighted by Crippen LogP contribution is 2.25. The lowest BCUT2D eigenvalue weighted by atomic mass is 10.0. The van der Waals surface area contributed by atoms with Gasteiger partial charge in [0, 0.05) is 0 Å². The molecule has 0 bridgehead atoms. The molecule has 0 amide bonds. The Morgan fingerprint density at radius 2 is 1.88 bits per heavy atom. The molecule has 1 rings (SSSR count). The van der Waals surface area contributed by atoms with Crippen LogP contribution < -0.4 is 5.73 Å². The van der Waals surface area contributed by atoms with Gasteiger partial charge in [0.25, 0.3) is 0 Å². The van der Waals surface area contributed by atoms with Crippen molar-refractivity contribution in [2.75, 3.05) is 6.61 Å². The van der Waals surface area contributed by atoms with Crippen molar-refractivity contribution in [3.63, 3.8) is 0 Å². The maximum atomic E-state index is 13.1. The summed E-state index contributed by atoms with van der Waals surface area (Å²) in [6.07, 6.45) is 0. The second kappa shape index (κ2) is 5.35. The van der Waals surface area contributed by atoms with E-state index >= 15 is 0 Å². The van der Waals surface area contributed by atoms with E-state index in [2.05, 4.69) is 0 Å². The molecule has 94 valence electrons. The summed E-state index contributed by atoms with van der Waals surface area (Å²) in [5, 5.41) is 6.72. The van der Waals surface area contributed by atoms with Crippen molar-refractivity contribution in [1.29, 1.82) is 0 Å². The zero-order valence-corrected chi connectivity index (χ0v) is 9.60. The molecular weight excluding hydrogens is 249 g/mol. The number of aliphatic hydroxyl groups excluding tert-OH is 1. The fraction of sp³-hybridized carbons (Fsp3) is 0.300. The second-order valence-corrected chi connectivity index (χ2v) is 4.88. The molecule has 1 aromatic rings. The van der Waals surface area contributed by atoms with E-state index < -0.39 is 33.9 Å². The van der Waals surface area contributed by atoms with Crippen LogP contribution in [-0.4, -0.2) is 32.0 Å². The topological polar surface area (TPSA) is 97.5 Å². The van der Waals surface area contributed by atoms with E-state index in [9.17, 15) is 17.1 Å². The molecule has 0 spiro atoms. The highest BCUT2D eigenvalue weighted by molar-refractivity contribution is 7.87. The lowest BCUT2D eigenvalue weighted by Crippen LogP contribution is -2.39. The first-order chi connectivity index (χ1) is 7.88. The third kappa shape index (κ3) is 3.32. The number of benzene rings is 1. The molecule has 0 heterocycles. The number of Topliss-reactive ketones (excluding diaryl/α,β-unsaturated/α-hetero) is 1. The highest BCUT2D eigenvalue weighted by Gasteiger charge is 2.36. The number of ketones is 1. The summed E-state index contributed by atoms with van der Waals surface area (Å²) in [5.41, 5.74) is 5.21. The maximum absolute atomic E-state index is 13.1. The van der Waals surface area contributed by atoms with Gasteiger partial charge >= 0.3 is 10.2 Å². The van der Waals surface area contributed by atoms with Crippen LogP contribution in [0.3, 0.4) is 0 Å². The molecule has 2 atom stereocenters. The van der Waals surface area contributed by atoms with Gasteiger partial charge in [-0.25, -0.2) is 0 Å². The minimum atomic E-state index is -5.11. The van der Waals surface area contributed by atoms with Crippen molar-refractivity contribution in [2.24, 2.45) is 5.73 Å². The van der Waals surface area contributed by atoms with Crippen LogP contribution in [0.5, 0.6) is 0 Å². The lowest BCUT2D eigenvalue weighted by Gasteiger charge is -2.15. The standard InChI is InChI=1S/C10H12FNO4S/c11-17(15,16)10(9(14)8(12)6-13)7-4-2-1-3-5-7/h1-5,8,10,13H,6,12H2/t8-,10?/m0/s1. The minimum Gasteiger partial charge on any atom is -0.394 e. The van der Waals surface area contributed by atoms with Crippen LogP contribution in [0.15, 0.2) is 30.3 Å². The third-order valence-corrected chi connectivity index (χ3v) is 3.27. The molecule has 5 nitrogen and oxygen atoms in total. The summed E-state index contributed by atoms with van der Waals surface area (Å²) in [4.78, 5) is 11.6. The predicted molar refractivity (Wildman–Crippen MR) is 59.3 cm³/mol. The molecule has 0 fully saturated rings. The predicted octanol–water partition coefficient (Wildman–Crippen LogP) is -0.0843. The van der Waals surface area contributed by atoms with E-state index in [1.54, 1.807) is 6.07 Å². The van der Waals surface area contributed by atoms with E-state index in [0.29, 0.717) is 0 Å². The number of hydrogen-bond acceptors (Lipinski definition) is 5. The lowest BCUT2D eigenvalue weighted by molar-refractivity contribution is -0.120. The Kier molecular flexibility index (Phi) is 4.33. The number of carbonyl (C=O) groups is 1. The van der Waals surface area contributed by atoms with Crippen molar-refractivity contribution < 1.29 is 22.2 Å². The molecule has 7 heteroatoms. The average Bonchev–Trinajstić information content (AvgIpc) is 2.27. The Morgan fingerprint density at radius 1 is 1.35 bits per heavy atom. The molecule has 0 aliphatic heterocycles. The molecule has 0 saturated heterocycles. The van der Waals surface area contributed by atoms with Crippen LogP contribution in [0.4, 0.5) is 3.89 Å². The summed E-state index contributed by atoms with van der Waals surface area (Å²) < 4.78 is 35.0. The van der Waals surface area contributed by atoms with Gasteiger partial charge in [0.15, 0.2) is 11.0 Å². The van der Waals surface area contributed by atoms with Crippen LogP contribution in [0, 0.1) is 0 Å². The van der Waals surface area contributed by atoms with Gasteiger partial charge in [0.2, 0.25) is 0 Å².